The van der Waals surface area contributed by atoms with Crippen molar-refractivity contribution in [2.75, 3.05) is 13.1 Å². The van der Waals surface area contributed by atoms with Crippen LogP contribution in [0, 0.1) is 18.6 Å². The third-order valence-corrected chi connectivity index (χ3v) is 4.24. The Morgan fingerprint density at radius 2 is 2.19 bits per heavy atom. The zero-order valence-corrected chi connectivity index (χ0v) is 13.8. The number of carbonyl (C=O) groups is 1. The number of benzene rings is 1. The average Bonchev–Trinajstić information content (AvgIpc) is 3.35. The maximum Gasteiger partial charge on any atom is 0.280 e. The minimum Gasteiger partial charge on any atom is -0.336 e. The minimum absolute atomic E-state index is 0.124. The highest BCUT2D eigenvalue weighted by Crippen LogP contribution is 2.25. The third kappa shape index (κ3) is 2.93. The molecule has 0 unspecified atom stereocenters. The molecule has 1 atom stereocenters. The van der Waals surface area contributed by atoms with E-state index in [-0.39, 0.29) is 17.5 Å². The summed E-state index contributed by atoms with van der Waals surface area (Å²) in [5.41, 5.74) is 0.165. The zero-order valence-electron chi connectivity index (χ0n) is 13.8. The van der Waals surface area contributed by atoms with E-state index < -0.39 is 17.5 Å². The smallest absolute Gasteiger partial charge is 0.280 e. The van der Waals surface area contributed by atoms with Gasteiger partial charge in [0.1, 0.15) is 11.6 Å². The number of aromatic nitrogens is 5. The predicted octanol–water partition coefficient (Wildman–Crippen LogP) is 2.00. The van der Waals surface area contributed by atoms with Crippen molar-refractivity contribution < 1.29 is 18.1 Å². The highest BCUT2D eigenvalue weighted by molar-refractivity contribution is 5.94. The minimum atomic E-state index is -0.741. The molecular weight excluding hydrogens is 346 g/mol. The van der Waals surface area contributed by atoms with Gasteiger partial charge in [-0.15, -0.1) is 5.10 Å². The summed E-state index contributed by atoms with van der Waals surface area (Å²) in [6.07, 6.45) is 2.28. The maximum atomic E-state index is 13.8. The van der Waals surface area contributed by atoms with Gasteiger partial charge in [-0.1, -0.05) is 10.4 Å². The Labute approximate surface area is 146 Å². The van der Waals surface area contributed by atoms with Crippen LogP contribution in [0.15, 0.2) is 28.9 Å². The van der Waals surface area contributed by atoms with Gasteiger partial charge in [0.25, 0.3) is 11.8 Å². The van der Waals surface area contributed by atoms with Gasteiger partial charge < -0.3 is 9.42 Å². The maximum absolute atomic E-state index is 13.8. The van der Waals surface area contributed by atoms with Gasteiger partial charge in [0.15, 0.2) is 11.5 Å². The number of rotatable bonds is 3. The van der Waals surface area contributed by atoms with Crippen molar-refractivity contribution in [1.82, 2.24) is 30.0 Å². The number of aryl methyl sites for hydroxylation is 1. The van der Waals surface area contributed by atoms with E-state index in [0.717, 1.165) is 18.2 Å². The highest BCUT2D eigenvalue weighted by Gasteiger charge is 2.30. The number of hydrogen-bond acceptors (Lipinski definition) is 6. The molecule has 1 saturated heterocycles. The van der Waals surface area contributed by atoms with Crippen molar-refractivity contribution in [3.05, 3.63) is 47.4 Å². The fraction of sp³-hybridized carbons (Fsp3) is 0.312. The number of halogens is 2. The Morgan fingerprint density at radius 1 is 1.35 bits per heavy atom. The molecular formula is C16H14F2N6O2. The second-order valence-corrected chi connectivity index (χ2v) is 6.05. The van der Waals surface area contributed by atoms with Gasteiger partial charge in [0.05, 0.1) is 17.8 Å². The predicted molar refractivity (Wildman–Crippen MR) is 84.0 cm³/mol. The first-order valence-electron chi connectivity index (χ1n) is 7.98. The van der Waals surface area contributed by atoms with Crippen molar-refractivity contribution in [2.45, 2.75) is 19.4 Å². The summed E-state index contributed by atoms with van der Waals surface area (Å²) in [5.74, 6) is -1.18. The van der Waals surface area contributed by atoms with Gasteiger partial charge in [0, 0.05) is 13.1 Å². The Hall–Kier alpha value is -3.17. The summed E-state index contributed by atoms with van der Waals surface area (Å²) in [5, 5.41) is 11.8. The molecule has 0 spiro atoms. The summed E-state index contributed by atoms with van der Waals surface area (Å²) >= 11 is 0. The molecule has 1 amide bonds. The lowest BCUT2D eigenvalue weighted by Crippen LogP contribution is -2.30. The van der Waals surface area contributed by atoms with E-state index in [9.17, 15) is 13.6 Å². The molecule has 0 radical (unpaired) electrons. The molecule has 26 heavy (non-hydrogen) atoms. The monoisotopic (exact) mass is 360 g/mol. The van der Waals surface area contributed by atoms with Gasteiger partial charge in [-0.3, -0.25) is 4.79 Å². The SMILES string of the molecule is Cc1noc(-c2cn([C@@H]3CCN(C(=O)c4cc(F)ccc4F)C3)nn2)n1. The van der Waals surface area contributed by atoms with Crippen molar-refractivity contribution in [3.63, 3.8) is 0 Å². The fourth-order valence-corrected chi connectivity index (χ4v) is 2.93. The van der Waals surface area contributed by atoms with Crippen LogP contribution in [0.3, 0.4) is 0 Å². The number of amides is 1. The first-order chi connectivity index (χ1) is 12.5. The number of likely N-dealkylation sites (tertiary alicyclic amines) is 1. The van der Waals surface area contributed by atoms with E-state index in [1.807, 2.05) is 0 Å². The van der Waals surface area contributed by atoms with E-state index in [4.69, 9.17) is 4.52 Å². The van der Waals surface area contributed by atoms with Crippen LogP contribution in [0.2, 0.25) is 0 Å². The van der Waals surface area contributed by atoms with Crippen molar-refractivity contribution in [2.24, 2.45) is 0 Å². The summed E-state index contributed by atoms with van der Waals surface area (Å²) in [7, 11) is 0. The first kappa shape index (κ1) is 16.3. The second-order valence-electron chi connectivity index (χ2n) is 6.05. The molecule has 2 aromatic heterocycles. The molecule has 0 saturated carbocycles. The van der Waals surface area contributed by atoms with Crippen LogP contribution < -0.4 is 0 Å². The van der Waals surface area contributed by atoms with Crippen LogP contribution in [0.25, 0.3) is 11.6 Å². The Morgan fingerprint density at radius 3 is 2.96 bits per heavy atom. The first-order valence-corrected chi connectivity index (χ1v) is 7.98. The van der Waals surface area contributed by atoms with Crippen molar-refractivity contribution in [3.8, 4) is 11.6 Å². The standard InChI is InChI=1S/C16H14F2N6O2/c1-9-19-15(26-21-9)14-8-24(22-20-14)11-4-5-23(7-11)16(25)12-6-10(17)2-3-13(12)18/h2-3,6,8,11H,4-5,7H2,1H3/t11-/m1/s1. The van der Waals surface area contributed by atoms with Crippen LogP contribution >= 0.6 is 0 Å². The molecule has 8 nitrogen and oxygen atoms in total. The van der Waals surface area contributed by atoms with Gasteiger partial charge in [-0.2, -0.15) is 4.98 Å². The van der Waals surface area contributed by atoms with Crippen LogP contribution in [0.4, 0.5) is 8.78 Å². The van der Waals surface area contributed by atoms with E-state index in [0.29, 0.717) is 31.0 Å². The Balaban J connectivity index is 1.49. The largest absolute Gasteiger partial charge is 0.336 e. The molecule has 10 heteroatoms. The molecule has 0 bridgehead atoms. The van der Waals surface area contributed by atoms with E-state index in [2.05, 4.69) is 20.5 Å². The number of hydrogen-bond donors (Lipinski definition) is 0. The summed E-state index contributed by atoms with van der Waals surface area (Å²) in [6, 6.07) is 2.72. The second kappa shape index (κ2) is 6.28. The lowest BCUT2D eigenvalue weighted by molar-refractivity contribution is 0.0781. The fourth-order valence-electron chi connectivity index (χ4n) is 2.93. The molecule has 1 aliphatic rings. The highest BCUT2D eigenvalue weighted by atomic mass is 19.1. The Kier molecular flexibility index (Phi) is 3.94. The molecule has 1 fully saturated rings. The van der Waals surface area contributed by atoms with Crippen molar-refractivity contribution >= 4 is 5.91 Å². The lowest BCUT2D eigenvalue weighted by Gasteiger charge is -2.17. The van der Waals surface area contributed by atoms with Gasteiger partial charge in [0.2, 0.25) is 0 Å². The normalized spacial score (nSPS) is 17.0. The van der Waals surface area contributed by atoms with Crippen LogP contribution in [0.5, 0.6) is 0 Å². The van der Waals surface area contributed by atoms with Gasteiger partial charge in [-0.05, 0) is 31.5 Å². The van der Waals surface area contributed by atoms with E-state index in [1.54, 1.807) is 17.8 Å². The quantitative estimate of drug-likeness (QED) is 0.710. The average molecular weight is 360 g/mol. The van der Waals surface area contributed by atoms with Crippen LogP contribution in [-0.2, 0) is 0 Å². The third-order valence-electron chi connectivity index (χ3n) is 4.24. The van der Waals surface area contributed by atoms with E-state index in [1.165, 1.54) is 4.90 Å². The molecule has 0 N–H and O–H groups in total. The molecule has 1 aliphatic heterocycles. The topological polar surface area (TPSA) is 89.9 Å². The Bertz CT molecular complexity index is 969. The van der Waals surface area contributed by atoms with Crippen LogP contribution in [0.1, 0.15) is 28.6 Å². The molecule has 3 heterocycles. The molecule has 134 valence electrons. The van der Waals surface area contributed by atoms with Crippen molar-refractivity contribution in [1.29, 1.82) is 0 Å². The summed E-state index contributed by atoms with van der Waals surface area (Å²) < 4.78 is 33.8. The van der Waals surface area contributed by atoms with Crippen LogP contribution in [-0.4, -0.2) is 49.0 Å². The molecule has 4 rings (SSSR count). The number of nitrogens with zero attached hydrogens (tertiary/aromatic N) is 6. The molecule has 3 aromatic rings. The summed E-state index contributed by atoms with van der Waals surface area (Å²) in [6.45, 7) is 2.43. The molecule has 0 aliphatic carbocycles. The zero-order chi connectivity index (χ0) is 18.3. The number of carbonyl (C=O) groups excluding carboxylic acids is 1. The lowest BCUT2D eigenvalue weighted by atomic mass is 10.2. The van der Waals surface area contributed by atoms with E-state index >= 15 is 0 Å². The van der Waals surface area contributed by atoms with Gasteiger partial charge in [-0.25, -0.2) is 13.5 Å². The molecule has 1 aromatic carbocycles. The summed E-state index contributed by atoms with van der Waals surface area (Å²) in [4.78, 5) is 18.0. The van der Waals surface area contributed by atoms with Gasteiger partial charge >= 0.3 is 0 Å².